The number of rotatable bonds is 7. The predicted octanol–water partition coefficient (Wildman–Crippen LogP) is 7.97. The fourth-order valence-corrected chi connectivity index (χ4v) is 4.88. The maximum atomic E-state index is 4.62. The molecule has 5 aromatic rings. The van der Waals surface area contributed by atoms with E-state index in [-0.39, 0.29) is 5.41 Å². The van der Waals surface area contributed by atoms with Crippen molar-refractivity contribution in [2.24, 2.45) is 5.41 Å². The predicted molar refractivity (Wildman–Crippen MR) is 155 cm³/mol. The minimum atomic E-state index is -0.0561. The molecule has 5 heterocycles. The van der Waals surface area contributed by atoms with Gasteiger partial charge >= 0.3 is 0 Å². The first-order chi connectivity index (χ1) is 17.7. The lowest BCUT2D eigenvalue weighted by Gasteiger charge is -2.23. The van der Waals surface area contributed by atoms with E-state index in [4.69, 9.17) is 0 Å². The Labute approximate surface area is 220 Å². The third-order valence-electron chi connectivity index (χ3n) is 6.33. The molecular weight excluding hydrogens is 476 g/mol. The van der Waals surface area contributed by atoms with Crippen LogP contribution in [0, 0.1) is 12.3 Å². The second-order valence-corrected chi connectivity index (χ2v) is 11.0. The number of H-pyrrole nitrogens is 2. The first-order valence-electron chi connectivity index (χ1n) is 12.1. The van der Waals surface area contributed by atoms with Crippen LogP contribution in [0.15, 0.2) is 85.3 Å². The number of aryl methyl sites for hydroxylation is 1. The summed E-state index contributed by atoms with van der Waals surface area (Å²) in [5.74, 6) is 0. The summed E-state index contributed by atoms with van der Waals surface area (Å²) in [5.41, 5.74) is 9.55. The molecule has 0 fully saturated rings. The highest BCUT2D eigenvalue weighted by molar-refractivity contribution is 7.11. The van der Waals surface area contributed by atoms with Crippen LogP contribution in [-0.4, -0.2) is 25.1 Å². The highest BCUT2D eigenvalue weighted by atomic mass is 32.1. The number of nitrogens with zero attached hydrogens (tertiary/aromatic N) is 3. The molecule has 0 atom stereocenters. The molecule has 3 N–H and O–H groups in total. The average Bonchev–Trinajstić information content (AvgIpc) is 3.62. The van der Waals surface area contributed by atoms with Gasteiger partial charge in [-0.15, -0.1) is 11.3 Å². The van der Waals surface area contributed by atoms with Crippen LogP contribution in [0.4, 0.5) is 5.69 Å². The number of anilines is 1. The standard InChI is InChI=1S/C30H30N6S/c1-7-9-23(27-10-8-11-37-27)24-14-26(33-18(24)2)28-25-13-21(16-32-29(25)36-35-28)20-12-22(17-31-15-20)34-19(3)30(4,5)6/h7-17,33-34H,1,3H2,2,4-6H3,(H,32,35,36)/b23-9+. The highest BCUT2D eigenvalue weighted by Crippen LogP contribution is 2.35. The van der Waals surface area contributed by atoms with Gasteiger partial charge in [0.15, 0.2) is 5.65 Å². The number of hydrogen-bond donors (Lipinski definition) is 3. The van der Waals surface area contributed by atoms with Crippen LogP contribution in [0.2, 0.25) is 0 Å². The average molecular weight is 507 g/mol. The molecule has 0 saturated heterocycles. The minimum Gasteiger partial charge on any atom is -0.358 e. The Morgan fingerprint density at radius 3 is 2.65 bits per heavy atom. The molecule has 0 unspecified atom stereocenters. The van der Waals surface area contributed by atoms with Gasteiger partial charge in [0.1, 0.15) is 0 Å². The molecule has 0 amide bonds. The van der Waals surface area contributed by atoms with Crippen molar-refractivity contribution >= 4 is 33.6 Å². The van der Waals surface area contributed by atoms with E-state index in [0.717, 1.165) is 56.1 Å². The number of hydrogen-bond acceptors (Lipinski definition) is 5. The lowest BCUT2D eigenvalue weighted by Crippen LogP contribution is -2.15. The van der Waals surface area contributed by atoms with Crippen molar-refractivity contribution in [1.29, 1.82) is 0 Å². The van der Waals surface area contributed by atoms with Gasteiger partial charge in [-0.05, 0) is 36.6 Å². The van der Waals surface area contributed by atoms with E-state index in [2.05, 4.69) is 113 Å². The maximum absolute atomic E-state index is 4.62. The Bertz CT molecular complexity index is 1630. The Morgan fingerprint density at radius 2 is 1.92 bits per heavy atom. The van der Waals surface area contributed by atoms with Crippen LogP contribution >= 0.6 is 11.3 Å². The molecule has 7 heteroatoms. The smallest absolute Gasteiger partial charge is 0.181 e. The summed E-state index contributed by atoms with van der Waals surface area (Å²) < 4.78 is 0. The highest BCUT2D eigenvalue weighted by Gasteiger charge is 2.18. The van der Waals surface area contributed by atoms with E-state index >= 15 is 0 Å². The zero-order valence-corrected chi connectivity index (χ0v) is 22.3. The van der Waals surface area contributed by atoms with Crippen molar-refractivity contribution in [3.8, 4) is 22.5 Å². The Balaban J connectivity index is 1.52. The fraction of sp³-hybridized carbons (Fsp3) is 0.167. The monoisotopic (exact) mass is 506 g/mol. The molecule has 186 valence electrons. The van der Waals surface area contributed by atoms with Crippen LogP contribution < -0.4 is 5.32 Å². The molecule has 37 heavy (non-hydrogen) atoms. The summed E-state index contributed by atoms with van der Waals surface area (Å²) in [6, 6.07) is 10.5. The molecule has 0 saturated carbocycles. The molecule has 0 bridgehead atoms. The van der Waals surface area contributed by atoms with Gasteiger partial charge < -0.3 is 10.3 Å². The van der Waals surface area contributed by atoms with Gasteiger partial charge in [-0.1, -0.05) is 52.1 Å². The third-order valence-corrected chi connectivity index (χ3v) is 7.23. The minimum absolute atomic E-state index is 0.0561. The number of thiophene rings is 1. The van der Waals surface area contributed by atoms with Gasteiger partial charge in [-0.25, -0.2) is 4.98 Å². The summed E-state index contributed by atoms with van der Waals surface area (Å²) in [7, 11) is 0. The first kappa shape index (κ1) is 24.5. The summed E-state index contributed by atoms with van der Waals surface area (Å²) in [6.07, 6.45) is 9.37. The van der Waals surface area contributed by atoms with Gasteiger partial charge in [0, 0.05) is 61.7 Å². The van der Waals surface area contributed by atoms with Crippen LogP contribution in [0.25, 0.3) is 39.1 Å². The van der Waals surface area contributed by atoms with Crippen LogP contribution in [-0.2, 0) is 0 Å². The van der Waals surface area contributed by atoms with E-state index in [9.17, 15) is 0 Å². The van der Waals surface area contributed by atoms with Crippen molar-refractivity contribution < 1.29 is 0 Å². The van der Waals surface area contributed by atoms with Crippen LogP contribution in [0.5, 0.6) is 0 Å². The Kier molecular flexibility index (Phi) is 6.39. The second-order valence-electron chi connectivity index (χ2n) is 10.0. The molecule has 6 nitrogen and oxygen atoms in total. The summed E-state index contributed by atoms with van der Waals surface area (Å²) in [6.45, 7) is 16.6. The number of fused-ring (bicyclic) bond motifs is 1. The number of nitrogens with one attached hydrogen (secondary N) is 3. The Hall–Kier alpha value is -4.23. The number of aromatic amines is 2. The van der Waals surface area contributed by atoms with Gasteiger partial charge in [-0.3, -0.25) is 10.1 Å². The molecule has 5 aromatic heterocycles. The van der Waals surface area contributed by atoms with Crippen molar-refractivity contribution in [1.82, 2.24) is 25.1 Å². The molecule has 0 aromatic carbocycles. The third kappa shape index (κ3) is 4.90. The summed E-state index contributed by atoms with van der Waals surface area (Å²) in [5, 5.41) is 14.1. The number of aromatic nitrogens is 5. The molecule has 0 radical (unpaired) electrons. The zero-order valence-electron chi connectivity index (χ0n) is 21.5. The van der Waals surface area contributed by atoms with E-state index in [0.29, 0.717) is 5.65 Å². The number of allylic oxidation sites excluding steroid dienone is 3. The number of pyridine rings is 2. The molecule has 0 aliphatic rings. The van der Waals surface area contributed by atoms with Crippen LogP contribution in [0.1, 0.15) is 36.9 Å². The first-order valence-corrected chi connectivity index (χ1v) is 13.0. The van der Waals surface area contributed by atoms with Gasteiger partial charge in [0.25, 0.3) is 0 Å². The topological polar surface area (TPSA) is 82.3 Å². The van der Waals surface area contributed by atoms with E-state index in [1.807, 2.05) is 18.5 Å². The van der Waals surface area contributed by atoms with E-state index in [1.165, 1.54) is 4.88 Å². The van der Waals surface area contributed by atoms with E-state index in [1.54, 1.807) is 17.5 Å². The summed E-state index contributed by atoms with van der Waals surface area (Å²) >= 11 is 1.71. The van der Waals surface area contributed by atoms with Crippen LogP contribution in [0.3, 0.4) is 0 Å². The molecular formula is C30H30N6S. The maximum Gasteiger partial charge on any atom is 0.181 e. The lowest BCUT2D eigenvalue weighted by atomic mass is 9.93. The Morgan fingerprint density at radius 1 is 1.11 bits per heavy atom. The molecule has 5 rings (SSSR count). The van der Waals surface area contributed by atoms with E-state index < -0.39 is 0 Å². The molecule has 0 aliphatic carbocycles. The summed E-state index contributed by atoms with van der Waals surface area (Å²) in [4.78, 5) is 13.8. The SMILES string of the molecule is C=C/C=C(/c1cccs1)c1cc(-c2[nH]nc3ncc(-c4cncc(NC(=C)C(C)(C)C)c4)cc23)[nH]c1C. The lowest BCUT2D eigenvalue weighted by molar-refractivity contribution is 0.509. The molecule has 0 aliphatic heterocycles. The van der Waals surface area contributed by atoms with Crippen molar-refractivity contribution in [2.75, 3.05) is 5.32 Å². The van der Waals surface area contributed by atoms with Crippen molar-refractivity contribution in [3.63, 3.8) is 0 Å². The van der Waals surface area contributed by atoms with Crippen molar-refractivity contribution in [3.05, 3.63) is 101 Å². The quantitative estimate of drug-likeness (QED) is 0.195. The van der Waals surface area contributed by atoms with Crippen molar-refractivity contribution in [2.45, 2.75) is 27.7 Å². The van der Waals surface area contributed by atoms with Gasteiger partial charge in [0.05, 0.1) is 23.3 Å². The second kappa shape index (κ2) is 9.67. The largest absolute Gasteiger partial charge is 0.358 e. The van der Waals surface area contributed by atoms with Gasteiger partial charge in [0.2, 0.25) is 0 Å². The molecule has 0 spiro atoms. The normalized spacial score (nSPS) is 12.2. The zero-order chi connectivity index (χ0) is 26.2. The van der Waals surface area contributed by atoms with Gasteiger partial charge in [-0.2, -0.15) is 5.10 Å². The fourth-order valence-electron chi connectivity index (χ4n) is 4.12.